The van der Waals surface area contributed by atoms with Gasteiger partial charge in [-0.05, 0) is 63.8 Å². The van der Waals surface area contributed by atoms with E-state index in [1.165, 1.54) is 18.2 Å². The predicted octanol–water partition coefficient (Wildman–Crippen LogP) is -0.776. The summed E-state index contributed by atoms with van der Waals surface area (Å²) in [6.45, 7) is 3.99. The minimum atomic E-state index is -1.01. The van der Waals surface area contributed by atoms with Crippen molar-refractivity contribution < 1.29 is 51.1 Å². The number of rotatable bonds is 23. The van der Waals surface area contributed by atoms with E-state index in [1.54, 1.807) is 6.08 Å². The van der Waals surface area contributed by atoms with Crippen molar-refractivity contribution in [2.45, 2.75) is 139 Å². The number of hydrogen-bond acceptors (Lipinski definition) is 11. The molecule has 0 radical (unpaired) electrons. The first-order valence-corrected chi connectivity index (χ1v) is 14.1. The smallest absolute Gasteiger partial charge is 0.0745 e. The van der Waals surface area contributed by atoms with Crippen LogP contribution in [-0.4, -0.2) is 119 Å². The topological polar surface area (TPSA) is 228 Å². The SMILES string of the molecule is CC(C)C(O)CC(O)CC(O)CC(O)C=CCC(O)CC(O)CC(O)CC(O)C=CCC(O)CC(O)CCN. The van der Waals surface area contributed by atoms with Crippen molar-refractivity contribution in [1.29, 1.82) is 0 Å². The Labute approximate surface area is 232 Å². The fourth-order valence-electron chi connectivity index (χ4n) is 4.19. The number of aliphatic hydroxyl groups is 10. The molecule has 232 valence electrons. The lowest BCUT2D eigenvalue weighted by Gasteiger charge is -2.21. The molecule has 0 aromatic heterocycles. The maximum absolute atomic E-state index is 10.2. The highest BCUT2D eigenvalue weighted by Gasteiger charge is 2.20. The zero-order chi connectivity index (χ0) is 30.0. The molecule has 0 aromatic rings. The van der Waals surface area contributed by atoms with Crippen LogP contribution in [0.4, 0.5) is 0 Å². The highest BCUT2D eigenvalue weighted by molar-refractivity contribution is 4.93. The molecule has 0 fully saturated rings. The lowest BCUT2D eigenvalue weighted by molar-refractivity contribution is 0.0142. The van der Waals surface area contributed by atoms with Gasteiger partial charge in [0.05, 0.1) is 61.0 Å². The fraction of sp³-hybridized carbons (Fsp3) is 0.857. The van der Waals surface area contributed by atoms with Crippen LogP contribution >= 0.6 is 0 Å². The first kappa shape index (κ1) is 38.0. The Morgan fingerprint density at radius 2 is 0.846 bits per heavy atom. The maximum atomic E-state index is 10.2. The van der Waals surface area contributed by atoms with Crippen LogP contribution in [0.25, 0.3) is 0 Å². The summed E-state index contributed by atoms with van der Waals surface area (Å²) >= 11 is 0. The highest BCUT2D eigenvalue weighted by atomic mass is 16.3. The van der Waals surface area contributed by atoms with Gasteiger partial charge in [0.25, 0.3) is 0 Å². The first-order valence-electron chi connectivity index (χ1n) is 14.1. The van der Waals surface area contributed by atoms with E-state index in [1.807, 2.05) is 13.8 Å². The summed E-state index contributed by atoms with van der Waals surface area (Å²) in [6.07, 6.45) is -1.97. The van der Waals surface area contributed by atoms with E-state index >= 15 is 0 Å². The number of hydrogen-bond donors (Lipinski definition) is 11. The van der Waals surface area contributed by atoms with Crippen LogP contribution in [0.1, 0.15) is 78.1 Å². The van der Waals surface area contributed by atoms with Gasteiger partial charge < -0.3 is 56.8 Å². The van der Waals surface area contributed by atoms with Crippen molar-refractivity contribution in [1.82, 2.24) is 0 Å². The van der Waals surface area contributed by atoms with Gasteiger partial charge in [0, 0.05) is 12.8 Å². The van der Waals surface area contributed by atoms with Crippen molar-refractivity contribution >= 4 is 0 Å². The summed E-state index contributed by atoms with van der Waals surface area (Å²) in [7, 11) is 0. The molecule has 11 heteroatoms. The molecule has 0 saturated carbocycles. The Morgan fingerprint density at radius 3 is 1.26 bits per heavy atom. The summed E-state index contributed by atoms with van der Waals surface area (Å²) in [4.78, 5) is 0. The highest BCUT2D eigenvalue weighted by Crippen LogP contribution is 2.16. The molecule has 12 N–H and O–H groups in total. The normalized spacial score (nSPS) is 20.6. The van der Waals surface area contributed by atoms with E-state index in [0.717, 1.165) is 0 Å². The third kappa shape index (κ3) is 21.5. The second-order valence-corrected chi connectivity index (χ2v) is 11.1. The predicted molar refractivity (Wildman–Crippen MR) is 148 cm³/mol. The standard InChI is InChI=1S/C28H55NO10/c1-18(2)28(39)17-27(38)16-26(37)14-22(33)8-4-7-21(32)13-25(36)15-24(35)12-20(31)6-3-5-19(30)11-23(34)9-10-29/h3-4,6,8,18-28,30-39H,5,7,9-17,29H2,1-2H3. The molecule has 0 spiro atoms. The van der Waals surface area contributed by atoms with E-state index in [-0.39, 0.29) is 63.7 Å². The summed E-state index contributed by atoms with van der Waals surface area (Å²) < 4.78 is 0. The van der Waals surface area contributed by atoms with E-state index in [9.17, 15) is 51.1 Å². The third-order valence-electron chi connectivity index (χ3n) is 6.52. The molecule has 0 rings (SSSR count). The molecule has 0 amide bonds. The minimum absolute atomic E-state index is 0.00730. The van der Waals surface area contributed by atoms with Crippen LogP contribution in [0.5, 0.6) is 0 Å². The van der Waals surface area contributed by atoms with Gasteiger partial charge in [0.1, 0.15) is 0 Å². The Morgan fingerprint density at radius 1 is 0.487 bits per heavy atom. The lowest BCUT2D eigenvalue weighted by Crippen LogP contribution is -2.27. The molecule has 39 heavy (non-hydrogen) atoms. The monoisotopic (exact) mass is 565 g/mol. The van der Waals surface area contributed by atoms with Crippen molar-refractivity contribution in [2.24, 2.45) is 11.7 Å². The summed E-state index contributed by atoms with van der Waals surface area (Å²) in [5, 5.41) is 99.8. The van der Waals surface area contributed by atoms with Gasteiger partial charge in [-0.15, -0.1) is 0 Å². The minimum Gasteiger partial charge on any atom is -0.393 e. The Hall–Kier alpha value is -0.960. The molecule has 11 nitrogen and oxygen atoms in total. The number of nitrogens with two attached hydrogens (primary N) is 1. The molecule has 0 aliphatic heterocycles. The van der Waals surface area contributed by atoms with Crippen LogP contribution in [0, 0.1) is 5.92 Å². The van der Waals surface area contributed by atoms with Crippen LogP contribution in [-0.2, 0) is 0 Å². The van der Waals surface area contributed by atoms with E-state index in [4.69, 9.17) is 5.73 Å². The summed E-state index contributed by atoms with van der Waals surface area (Å²) in [5.41, 5.74) is 5.35. The zero-order valence-corrected chi connectivity index (χ0v) is 23.5. The molecule has 0 saturated heterocycles. The van der Waals surface area contributed by atoms with Gasteiger partial charge in [-0.25, -0.2) is 0 Å². The summed E-state index contributed by atoms with van der Waals surface area (Å²) in [5.74, 6) is -0.00730. The lowest BCUT2D eigenvalue weighted by atomic mass is 9.96. The maximum Gasteiger partial charge on any atom is 0.0745 e. The second-order valence-electron chi connectivity index (χ2n) is 11.1. The third-order valence-corrected chi connectivity index (χ3v) is 6.52. The van der Waals surface area contributed by atoms with E-state index in [2.05, 4.69) is 0 Å². The Balaban J connectivity index is 4.23. The average molecular weight is 566 g/mol. The molecule has 0 bridgehead atoms. The summed E-state index contributed by atoms with van der Waals surface area (Å²) in [6, 6.07) is 0. The molecular formula is C28H55NO10. The van der Waals surface area contributed by atoms with Gasteiger partial charge in [0.2, 0.25) is 0 Å². The van der Waals surface area contributed by atoms with Crippen LogP contribution in [0.15, 0.2) is 24.3 Å². The van der Waals surface area contributed by atoms with Gasteiger partial charge in [-0.2, -0.15) is 0 Å². The van der Waals surface area contributed by atoms with Crippen LogP contribution in [0.2, 0.25) is 0 Å². The molecule has 0 heterocycles. The zero-order valence-electron chi connectivity index (χ0n) is 23.5. The first-order chi connectivity index (χ1) is 18.2. The molecule has 10 unspecified atom stereocenters. The van der Waals surface area contributed by atoms with Crippen molar-refractivity contribution in [2.75, 3.05) is 6.54 Å². The van der Waals surface area contributed by atoms with Crippen LogP contribution < -0.4 is 5.73 Å². The molecule has 0 aromatic carbocycles. The van der Waals surface area contributed by atoms with Gasteiger partial charge >= 0.3 is 0 Å². The van der Waals surface area contributed by atoms with E-state index in [0.29, 0.717) is 13.0 Å². The van der Waals surface area contributed by atoms with Crippen LogP contribution in [0.3, 0.4) is 0 Å². The Kier molecular flexibility index (Phi) is 21.2. The van der Waals surface area contributed by atoms with Gasteiger partial charge in [0.15, 0.2) is 0 Å². The quantitative estimate of drug-likeness (QED) is 0.0689. The molecule has 10 atom stereocenters. The second kappa shape index (κ2) is 21.7. The van der Waals surface area contributed by atoms with Gasteiger partial charge in [-0.1, -0.05) is 38.2 Å². The largest absolute Gasteiger partial charge is 0.393 e. The van der Waals surface area contributed by atoms with E-state index < -0.39 is 61.0 Å². The Bertz CT molecular complexity index is 650. The van der Waals surface area contributed by atoms with Crippen molar-refractivity contribution in [3.8, 4) is 0 Å². The molecule has 0 aliphatic carbocycles. The molecular weight excluding hydrogens is 510 g/mol. The number of aliphatic hydroxyl groups excluding tert-OH is 10. The van der Waals surface area contributed by atoms with Crippen molar-refractivity contribution in [3.05, 3.63) is 24.3 Å². The van der Waals surface area contributed by atoms with Gasteiger partial charge in [-0.3, -0.25) is 0 Å². The fourth-order valence-corrected chi connectivity index (χ4v) is 4.19. The van der Waals surface area contributed by atoms with Crippen molar-refractivity contribution in [3.63, 3.8) is 0 Å². The molecule has 0 aliphatic rings. The average Bonchev–Trinajstić information content (AvgIpc) is 2.78.